The lowest BCUT2D eigenvalue weighted by atomic mass is 10.0. The van der Waals surface area contributed by atoms with Crippen molar-refractivity contribution in [2.75, 3.05) is 19.8 Å². The van der Waals surface area contributed by atoms with Crippen molar-refractivity contribution in [2.45, 2.75) is 32.4 Å². The minimum Gasteiger partial charge on any atom is -0.382 e. The average molecular weight is 445 g/mol. The Labute approximate surface area is 196 Å². The quantitative estimate of drug-likeness (QED) is 0.417. The van der Waals surface area contributed by atoms with E-state index in [9.17, 15) is 9.59 Å². The lowest BCUT2D eigenvalue weighted by molar-refractivity contribution is -0.141. The molecule has 5 heteroatoms. The Morgan fingerprint density at radius 1 is 0.848 bits per heavy atom. The topological polar surface area (TPSA) is 58.6 Å². The Morgan fingerprint density at radius 3 is 2.03 bits per heavy atom. The van der Waals surface area contributed by atoms with E-state index in [0.29, 0.717) is 26.3 Å². The molecule has 0 saturated carbocycles. The molecule has 3 aromatic carbocycles. The highest BCUT2D eigenvalue weighted by molar-refractivity contribution is 5.89. The van der Waals surface area contributed by atoms with E-state index in [1.807, 2.05) is 97.9 Å². The van der Waals surface area contributed by atoms with Crippen LogP contribution in [-0.2, 0) is 27.3 Å². The van der Waals surface area contributed by atoms with Crippen LogP contribution >= 0.6 is 0 Å². The maximum absolute atomic E-state index is 13.6. The van der Waals surface area contributed by atoms with Crippen molar-refractivity contribution in [1.82, 2.24) is 10.2 Å². The van der Waals surface area contributed by atoms with Gasteiger partial charge in [-0.25, -0.2) is 0 Å². The Bertz CT molecular complexity index is 978. The molecule has 1 unspecified atom stereocenters. The maximum Gasteiger partial charge on any atom is 0.247 e. The molecule has 172 valence electrons. The van der Waals surface area contributed by atoms with Gasteiger partial charge in [0.2, 0.25) is 11.8 Å². The minimum absolute atomic E-state index is 0.0941. The van der Waals surface area contributed by atoms with E-state index in [-0.39, 0.29) is 18.2 Å². The zero-order chi connectivity index (χ0) is 23.3. The van der Waals surface area contributed by atoms with Crippen molar-refractivity contribution >= 4 is 11.8 Å². The van der Waals surface area contributed by atoms with Gasteiger partial charge in [0, 0.05) is 26.3 Å². The molecular formula is C28H32N2O3. The number of nitrogens with zero attached hydrogens (tertiary/aromatic N) is 1. The highest BCUT2D eigenvalue weighted by Crippen LogP contribution is 2.25. The predicted octanol–water partition coefficient (Wildman–Crippen LogP) is 4.54. The van der Waals surface area contributed by atoms with Crippen LogP contribution in [0.4, 0.5) is 0 Å². The zero-order valence-electron chi connectivity index (χ0n) is 19.2. The molecule has 0 saturated heterocycles. The number of rotatable bonds is 12. The van der Waals surface area contributed by atoms with Crippen LogP contribution in [0.3, 0.4) is 0 Å². The van der Waals surface area contributed by atoms with E-state index < -0.39 is 6.04 Å². The summed E-state index contributed by atoms with van der Waals surface area (Å²) in [5.74, 6) is -0.279. The molecule has 0 aliphatic carbocycles. The minimum atomic E-state index is -0.727. The van der Waals surface area contributed by atoms with Gasteiger partial charge in [-0.2, -0.15) is 0 Å². The molecule has 5 nitrogen and oxygen atoms in total. The number of carbonyl (C=O) groups excluding carboxylic acids is 2. The summed E-state index contributed by atoms with van der Waals surface area (Å²) in [4.78, 5) is 28.7. The number of nitrogens with one attached hydrogen (secondary N) is 1. The number of carbonyl (C=O) groups is 2. The molecule has 0 fully saturated rings. The molecule has 0 spiro atoms. The lowest BCUT2D eigenvalue weighted by Gasteiger charge is -2.32. The van der Waals surface area contributed by atoms with Crippen molar-refractivity contribution in [3.8, 4) is 0 Å². The van der Waals surface area contributed by atoms with Gasteiger partial charge in [0.1, 0.15) is 6.04 Å². The van der Waals surface area contributed by atoms with Gasteiger partial charge in [-0.3, -0.25) is 9.59 Å². The standard InChI is InChI=1S/C28H32N2O3/c1-2-33-20-12-19-29-28(32)27(25-17-10-5-11-18-25)30(22-24-15-8-4-9-16-24)26(31)21-23-13-6-3-7-14-23/h3-11,13-18,27H,2,12,19-22H2,1H3,(H,29,32). The first-order valence-electron chi connectivity index (χ1n) is 11.5. The summed E-state index contributed by atoms with van der Waals surface area (Å²) in [6, 6.07) is 28.2. The van der Waals surface area contributed by atoms with Gasteiger partial charge in [-0.1, -0.05) is 91.0 Å². The first-order chi connectivity index (χ1) is 16.2. The van der Waals surface area contributed by atoms with Gasteiger partial charge >= 0.3 is 0 Å². The van der Waals surface area contributed by atoms with Crippen molar-refractivity contribution in [1.29, 1.82) is 0 Å². The van der Waals surface area contributed by atoms with Crippen LogP contribution in [-0.4, -0.2) is 36.5 Å². The van der Waals surface area contributed by atoms with Gasteiger partial charge in [-0.05, 0) is 30.0 Å². The van der Waals surface area contributed by atoms with Crippen LogP contribution < -0.4 is 5.32 Å². The summed E-state index contributed by atoms with van der Waals surface area (Å²) in [5.41, 5.74) is 2.69. The third kappa shape index (κ3) is 7.58. The molecule has 1 atom stereocenters. The number of ether oxygens (including phenoxy) is 1. The van der Waals surface area contributed by atoms with Crippen molar-refractivity contribution in [3.63, 3.8) is 0 Å². The first-order valence-corrected chi connectivity index (χ1v) is 11.5. The molecule has 33 heavy (non-hydrogen) atoms. The summed E-state index contributed by atoms with van der Waals surface area (Å²) in [7, 11) is 0. The second-order valence-corrected chi connectivity index (χ2v) is 7.82. The summed E-state index contributed by atoms with van der Waals surface area (Å²) < 4.78 is 5.38. The van der Waals surface area contributed by atoms with E-state index >= 15 is 0 Å². The molecule has 2 amide bonds. The maximum atomic E-state index is 13.6. The number of benzene rings is 3. The fourth-order valence-corrected chi connectivity index (χ4v) is 3.71. The number of hydrogen-bond acceptors (Lipinski definition) is 3. The normalized spacial score (nSPS) is 11.5. The van der Waals surface area contributed by atoms with E-state index in [1.54, 1.807) is 4.90 Å². The molecule has 0 radical (unpaired) electrons. The zero-order valence-corrected chi connectivity index (χ0v) is 19.2. The van der Waals surface area contributed by atoms with Crippen molar-refractivity contribution < 1.29 is 14.3 Å². The van der Waals surface area contributed by atoms with Crippen LogP contribution in [0.2, 0.25) is 0 Å². The summed E-state index contributed by atoms with van der Waals surface area (Å²) >= 11 is 0. The van der Waals surface area contributed by atoms with Gasteiger partial charge < -0.3 is 15.0 Å². The lowest BCUT2D eigenvalue weighted by Crippen LogP contribution is -2.44. The summed E-state index contributed by atoms with van der Waals surface area (Å²) in [5, 5.41) is 3.01. The number of amides is 2. The van der Waals surface area contributed by atoms with Gasteiger partial charge in [-0.15, -0.1) is 0 Å². The predicted molar refractivity (Wildman–Crippen MR) is 130 cm³/mol. The molecule has 0 aromatic heterocycles. The molecular weight excluding hydrogens is 412 g/mol. The third-order valence-electron chi connectivity index (χ3n) is 5.36. The van der Waals surface area contributed by atoms with E-state index in [2.05, 4.69) is 5.32 Å². The van der Waals surface area contributed by atoms with Gasteiger partial charge in [0.05, 0.1) is 6.42 Å². The highest BCUT2D eigenvalue weighted by Gasteiger charge is 2.31. The fraction of sp³-hybridized carbons (Fsp3) is 0.286. The monoisotopic (exact) mass is 444 g/mol. The summed E-state index contributed by atoms with van der Waals surface area (Å²) in [6.45, 7) is 4.03. The largest absolute Gasteiger partial charge is 0.382 e. The Morgan fingerprint density at radius 2 is 1.42 bits per heavy atom. The second-order valence-electron chi connectivity index (χ2n) is 7.82. The molecule has 0 aliphatic rings. The highest BCUT2D eigenvalue weighted by atomic mass is 16.5. The smallest absolute Gasteiger partial charge is 0.247 e. The van der Waals surface area contributed by atoms with Crippen molar-refractivity contribution in [3.05, 3.63) is 108 Å². The molecule has 0 bridgehead atoms. The molecule has 3 rings (SSSR count). The Kier molecular flexibility index (Phi) is 9.67. The SMILES string of the molecule is CCOCCCNC(=O)C(c1ccccc1)N(Cc1ccccc1)C(=O)Cc1ccccc1. The molecule has 1 N–H and O–H groups in total. The Hall–Kier alpha value is -3.44. The second kappa shape index (κ2) is 13.2. The van der Waals surface area contributed by atoms with Crippen molar-refractivity contribution in [2.24, 2.45) is 0 Å². The van der Waals surface area contributed by atoms with Gasteiger partial charge in [0.15, 0.2) is 0 Å². The average Bonchev–Trinajstić information content (AvgIpc) is 2.85. The molecule has 3 aromatic rings. The van der Waals surface area contributed by atoms with Crippen LogP contribution in [0.25, 0.3) is 0 Å². The fourth-order valence-electron chi connectivity index (χ4n) is 3.71. The van der Waals surface area contributed by atoms with Crippen LogP contribution in [0, 0.1) is 0 Å². The molecule has 0 heterocycles. The third-order valence-corrected chi connectivity index (χ3v) is 5.36. The van der Waals surface area contributed by atoms with E-state index in [0.717, 1.165) is 23.1 Å². The van der Waals surface area contributed by atoms with Crippen LogP contribution in [0.5, 0.6) is 0 Å². The number of hydrogen-bond donors (Lipinski definition) is 1. The van der Waals surface area contributed by atoms with E-state index in [1.165, 1.54) is 0 Å². The summed E-state index contributed by atoms with van der Waals surface area (Å²) in [6.07, 6.45) is 0.951. The first kappa shape index (κ1) is 24.2. The Balaban J connectivity index is 1.88. The molecule has 0 aliphatic heterocycles. The van der Waals surface area contributed by atoms with Crippen LogP contribution in [0.15, 0.2) is 91.0 Å². The van der Waals surface area contributed by atoms with Gasteiger partial charge in [0.25, 0.3) is 0 Å². The van der Waals surface area contributed by atoms with E-state index in [4.69, 9.17) is 4.74 Å². The van der Waals surface area contributed by atoms with Crippen LogP contribution in [0.1, 0.15) is 36.1 Å².